The molecule has 0 unspecified atom stereocenters. The molecule has 0 spiro atoms. The van der Waals surface area contributed by atoms with E-state index < -0.39 is 0 Å². The first-order chi connectivity index (χ1) is 7.34. The molecule has 4 heteroatoms. The highest BCUT2D eigenvalue weighted by Crippen LogP contribution is 2.20. The number of halogens is 1. The molecule has 80 valence electrons. The van der Waals surface area contributed by atoms with Gasteiger partial charge in [-0.15, -0.1) is 0 Å². The average molecular weight is 224 g/mol. The number of nitrogens with one attached hydrogen (secondary N) is 1. The Hall–Kier alpha value is -1.09. The molecular formula is C11H14ClN3. The second-order valence-electron chi connectivity index (χ2n) is 3.66. The molecule has 2 rings (SSSR count). The van der Waals surface area contributed by atoms with Crippen LogP contribution in [0, 0.1) is 0 Å². The number of nitrogens with zero attached hydrogens (tertiary/aromatic N) is 2. The second-order valence-corrected chi connectivity index (χ2v) is 4.09. The minimum atomic E-state index is 0.569. The number of hydrogen-bond donors (Lipinski definition) is 1. The molecule has 0 bridgehead atoms. The van der Waals surface area contributed by atoms with Crippen molar-refractivity contribution in [3.63, 3.8) is 0 Å². The monoisotopic (exact) mass is 223 g/mol. The van der Waals surface area contributed by atoms with Gasteiger partial charge in [-0.2, -0.15) is 0 Å². The molecule has 0 saturated carbocycles. The van der Waals surface area contributed by atoms with Gasteiger partial charge in [-0.3, -0.25) is 0 Å². The molecule has 0 saturated heterocycles. The van der Waals surface area contributed by atoms with Gasteiger partial charge in [0, 0.05) is 6.54 Å². The molecule has 0 atom stereocenters. The summed E-state index contributed by atoms with van der Waals surface area (Å²) in [4.78, 5) is 8.14. The van der Waals surface area contributed by atoms with Crippen LogP contribution in [0.4, 0.5) is 5.95 Å². The van der Waals surface area contributed by atoms with Crippen LogP contribution in [0.15, 0.2) is 24.0 Å². The van der Waals surface area contributed by atoms with Gasteiger partial charge in [-0.25, -0.2) is 9.97 Å². The molecule has 15 heavy (non-hydrogen) atoms. The molecule has 1 aromatic rings. The van der Waals surface area contributed by atoms with Crippen molar-refractivity contribution in [1.29, 1.82) is 0 Å². The number of hydrogen-bond acceptors (Lipinski definition) is 3. The Bertz CT molecular complexity index is 345. The Morgan fingerprint density at radius 2 is 2.13 bits per heavy atom. The summed E-state index contributed by atoms with van der Waals surface area (Å²) >= 11 is 5.69. The van der Waals surface area contributed by atoms with Crippen molar-refractivity contribution in [2.75, 3.05) is 11.9 Å². The fraction of sp³-hybridized carbons (Fsp3) is 0.455. The minimum Gasteiger partial charge on any atom is -0.354 e. The van der Waals surface area contributed by atoms with Crippen LogP contribution in [0.5, 0.6) is 0 Å². The van der Waals surface area contributed by atoms with Crippen LogP contribution in [-0.2, 0) is 0 Å². The van der Waals surface area contributed by atoms with Gasteiger partial charge in [0.05, 0.1) is 17.4 Å². The van der Waals surface area contributed by atoms with E-state index in [2.05, 4.69) is 21.4 Å². The summed E-state index contributed by atoms with van der Waals surface area (Å²) in [6, 6.07) is 0. The molecule has 0 radical (unpaired) electrons. The zero-order valence-corrected chi connectivity index (χ0v) is 9.30. The van der Waals surface area contributed by atoms with Gasteiger partial charge in [0.2, 0.25) is 5.95 Å². The van der Waals surface area contributed by atoms with Crippen LogP contribution in [0.25, 0.3) is 0 Å². The lowest BCUT2D eigenvalue weighted by molar-refractivity contribution is 0.859. The van der Waals surface area contributed by atoms with Crippen LogP contribution in [0.3, 0.4) is 0 Å². The fourth-order valence-electron chi connectivity index (χ4n) is 1.70. The Balaban J connectivity index is 1.75. The van der Waals surface area contributed by atoms with Crippen molar-refractivity contribution in [2.45, 2.75) is 25.7 Å². The van der Waals surface area contributed by atoms with Gasteiger partial charge >= 0.3 is 0 Å². The summed E-state index contributed by atoms with van der Waals surface area (Å²) in [5.74, 6) is 0.651. The van der Waals surface area contributed by atoms with Crippen molar-refractivity contribution in [2.24, 2.45) is 0 Å². The molecule has 1 N–H and O–H groups in total. The van der Waals surface area contributed by atoms with Crippen LogP contribution < -0.4 is 5.32 Å². The van der Waals surface area contributed by atoms with Crippen LogP contribution in [0.1, 0.15) is 25.7 Å². The predicted molar refractivity (Wildman–Crippen MR) is 62.1 cm³/mol. The van der Waals surface area contributed by atoms with Crippen molar-refractivity contribution in [1.82, 2.24) is 9.97 Å². The van der Waals surface area contributed by atoms with Crippen molar-refractivity contribution in [3.8, 4) is 0 Å². The standard InChI is InChI=1S/C11H14ClN3/c12-10-7-14-11(15-8-10)13-6-5-9-3-1-2-4-9/h3,7-8H,1-2,4-6H2,(H,13,14,15). The Labute approximate surface area is 94.6 Å². The van der Waals surface area contributed by atoms with E-state index in [9.17, 15) is 0 Å². The summed E-state index contributed by atoms with van der Waals surface area (Å²) < 4.78 is 0. The first kappa shape index (κ1) is 10.4. The first-order valence-corrected chi connectivity index (χ1v) is 5.62. The summed E-state index contributed by atoms with van der Waals surface area (Å²) in [7, 11) is 0. The van der Waals surface area contributed by atoms with Gasteiger partial charge in [0.25, 0.3) is 0 Å². The lowest BCUT2D eigenvalue weighted by Gasteiger charge is -2.04. The third-order valence-corrected chi connectivity index (χ3v) is 2.68. The largest absolute Gasteiger partial charge is 0.354 e. The number of allylic oxidation sites excluding steroid dienone is 1. The Kier molecular flexibility index (Phi) is 3.56. The van der Waals surface area contributed by atoms with E-state index in [1.807, 2.05) is 0 Å². The lowest BCUT2D eigenvalue weighted by atomic mass is 10.2. The Morgan fingerprint density at radius 3 is 2.80 bits per heavy atom. The van der Waals surface area contributed by atoms with Crippen molar-refractivity contribution >= 4 is 17.5 Å². The molecular weight excluding hydrogens is 210 g/mol. The van der Waals surface area contributed by atoms with E-state index >= 15 is 0 Å². The van der Waals surface area contributed by atoms with E-state index in [4.69, 9.17) is 11.6 Å². The van der Waals surface area contributed by atoms with E-state index in [1.54, 1.807) is 18.0 Å². The SMILES string of the molecule is Clc1cnc(NCCC2=CCCC2)nc1. The number of aromatic nitrogens is 2. The average Bonchev–Trinajstić information content (AvgIpc) is 2.74. The highest BCUT2D eigenvalue weighted by atomic mass is 35.5. The number of rotatable bonds is 4. The fourth-order valence-corrected chi connectivity index (χ4v) is 1.80. The molecule has 0 aromatic carbocycles. The van der Waals surface area contributed by atoms with Crippen molar-refractivity contribution < 1.29 is 0 Å². The van der Waals surface area contributed by atoms with Gasteiger partial charge in [-0.1, -0.05) is 23.3 Å². The summed E-state index contributed by atoms with van der Waals surface area (Å²) in [5, 5.41) is 3.75. The van der Waals surface area contributed by atoms with Crippen molar-refractivity contribution in [3.05, 3.63) is 29.1 Å². The summed E-state index contributed by atoms with van der Waals surface area (Å²) in [6.45, 7) is 0.896. The van der Waals surface area contributed by atoms with Gasteiger partial charge in [0.1, 0.15) is 0 Å². The van der Waals surface area contributed by atoms with Crippen LogP contribution >= 0.6 is 11.6 Å². The highest BCUT2D eigenvalue weighted by molar-refractivity contribution is 6.30. The van der Waals surface area contributed by atoms with E-state index in [1.165, 1.54) is 19.3 Å². The molecule has 3 nitrogen and oxygen atoms in total. The lowest BCUT2D eigenvalue weighted by Crippen LogP contribution is -2.05. The summed E-state index contributed by atoms with van der Waals surface area (Å²) in [5.41, 5.74) is 1.55. The quantitative estimate of drug-likeness (QED) is 0.798. The molecule has 0 aliphatic heterocycles. The van der Waals surface area contributed by atoms with Gasteiger partial charge in [-0.05, 0) is 25.7 Å². The molecule has 1 heterocycles. The van der Waals surface area contributed by atoms with Crippen LogP contribution in [0.2, 0.25) is 5.02 Å². The van der Waals surface area contributed by atoms with E-state index in [0.717, 1.165) is 13.0 Å². The highest BCUT2D eigenvalue weighted by Gasteiger charge is 2.03. The normalized spacial score (nSPS) is 15.1. The molecule has 1 aromatic heterocycles. The Morgan fingerprint density at radius 1 is 1.33 bits per heavy atom. The smallest absolute Gasteiger partial charge is 0.222 e. The first-order valence-electron chi connectivity index (χ1n) is 5.24. The van der Waals surface area contributed by atoms with Crippen LogP contribution in [-0.4, -0.2) is 16.5 Å². The molecule has 0 fully saturated rings. The maximum atomic E-state index is 5.69. The summed E-state index contributed by atoms with van der Waals surface area (Å²) in [6.07, 6.45) is 10.4. The predicted octanol–water partition coefficient (Wildman–Crippen LogP) is 3.04. The second kappa shape index (κ2) is 5.12. The zero-order chi connectivity index (χ0) is 10.5. The third kappa shape index (κ3) is 3.20. The molecule has 1 aliphatic rings. The zero-order valence-electron chi connectivity index (χ0n) is 8.54. The molecule has 0 amide bonds. The number of anilines is 1. The minimum absolute atomic E-state index is 0.569. The van der Waals surface area contributed by atoms with E-state index in [0.29, 0.717) is 11.0 Å². The third-order valence-electron chi connectivity index (χ3n) is 2.48. The topological polar surface area (TPSA) is 37.8 Å². The maximum absolute atomic E-state index is 5.69. The van der Waals surface area contributed by atoms with Gasteiger partial charge < -0.3 is 5.32 Å². The maximum Gasteiger partial charge on any atom is 0.222 e. The van der Waals surface area contributed by atoms with Gasteiger partial charge in [0.15, 0.2) is 0 Å². The van der Waals surface area contributed by atoms with E-state index in [-0.39, 0.29) is 0 Å². The molecule has 1 aliphatic carbocycles.